The van der Waals surface area contributed by atoms with Crippen molar-refractivity contribution in [3.05, 3.63) is 29.1 Å². The number of ether oxygens (including phenoxy) is 1. The first-order valence-electron chi connectivity index (χ1n) is 4.11. The molecule has 1 rings (SSSR count). The van der Waals surface area contributed by atoms with Crippen LogP contribution in [0.25, 0.3) is 0 Å². The fourth-order valence-corrected chi connectivity index (χ4v) is 1.20. The number of methoxy groups -OCH3 is 1. The van der Waals surface area contributed by atoms with Crippen molar-refractivity contribution in [2.75, 3.05) is 7.11 Å². The number of pyridine rings is 1. The molecule has 0 aromatic carbocycles. The van der Waals surface area contributed by atoms with E-state index in [-0.39, 0.29) is 5.78 Å². The molecule has 4 nitrogen and oxygen atoms in total. The van der Waals surface area contributed by atoms with Crippen molar-refractivity contribution >= 4 is 11.8 Å². The molecule has 0 saturated heterocycles. The third-order valence-electron chi connectivity index (χ3n) is 2.00. The van der Waals surface area contributed by atoms with Gasteiger partial charge in [0, 0.05) is 18.0 Å². The van der Waals surface area contributed by atoms with Gasteiger partial charge in [-0.25, -0.2) is 4.79 Å². The van der Waals surface area contributed by atoms with E-state index in [2.05, 4.69) is 9.72 Å². The number of aromatic nitrogens is 1. The Hall–Kier alpha value is -1.71. The molecule has 0 spiro atoms. The lowest BCUT2D eigenvalue weighted by Gasteiger charge is -2.05. The highest BCUT2D eigenvalue weighted by Crippen LogP contribution is 2.13. The van der Waals surface area contributed by atoms with Crippen LogP contribution in [0.4, 0.5) is 0 Å². The Bertz CT molecular complexity index is 385. The van der Waals surface area contributed by atoms with Crippen molar-refractivity contribution in [1.29, 1.82) is 0 Å². The van der Waals surface area contributed by atoms with Gasteiger partial charge in [-0.3, -0.25) is 9.78 Å². The summed E-state index contributed by atoms with van der Waals surface area (Å²) >= 11 is 0. The van der Waals surface area contributed by atoms with Crippen molar-refractivity contribution < 1.29 is 14.3 Å². The summed E-state index contributed by atoms with van der Waals surface area (Å²) in [6, 6.07) is 0. The summed E-state index contributed by atoms with van der Waals surface area (Å²) in [6.07, 6.45) is 2.84. The normalized spacial score (nSPS) is 9.64. The van der Waals surface area contributed by atoms with E-state index in [0.29, 0.717) is 16.7 Å². The van der Waals surface area contributed by atoms with Crippen LogP contribution in [-0.2, 0) is 4.74 Å². The Morgan fingerprint density at radius 1 is 1.29 bits per heavy atom. The van der Waals surface area contributed by atoms with Crippen LogP contribution in [0, 0.1) is 6.92 Å². The van der Waals surface area contributed by atoms with Gasteiger partial charge in [-0.1, -0.05) is 0 Å². The Kier molecular flexibility index (Phi) is 2.96. The Balaban J connectivity index is 3.27. The van der Waals surface area contributed by atoms with Gasteiger partial charge in [0.25, 0.3) is 0 Å². The van der Waals surface area contributed by atoms with Crippen LogP contribution in [0.15, 0.2) is 12.4 Å². The van der Waals surface area contributed by atoms with Gasteiger partial charge in [0.2, 0.25) is 0 Å². The second-order valence-corrected chi connectivity index (χ2v) is 2.91. The molecule has 74 valence electrons. The van der Waals surface area contributed by atoms with Crippen molar-refractivity contribution in [3.63, 3.8) is 0 Å². The quantitative estimate of drug-likeness (QED) is 0.526. The number of rotatable bonds is 2. The minimum Gasteiger partial charge on any atom is -0.465 e. The van der Waals surface area contributed by atoms with E-state index in [9.17, 15) is 9.59 Å². The maximum atomic E-state index is 11.2. The third kappa shape index (κ3) is 1.79. The zero-order valence-electron chi connectivity index (χ0n) is 8.33. The van der Waals surface area contributed by atoms with Gasteiger partial charge in [0.1, 0.15) is 0 Å². The van der Waals surface area contributed by atoms with Crippen LogP contribution in [0.2, 0.25) is 0 Å². The molecule has 1 aromatic heterocycles. The number of hydrogen-bond donors (Lipinski definition) is 0. The van der Waals surface area contributed by atoms with Crippen molar-refractivity contribution in [2.45, 2.75) is 13.8 Å². The lowest BCUT2D eigenvalue weighted by Crippen LogP contribution is -2.08. The average Bonchev–Trinajstić information content (AvgIpc) is 2.16. The first kappa shape index (κ1) is 10.4. The number of Topliss-reactive ketones (excluding diaryl/α,β-unsaturated/α-hetero) is 1. The fraction of sp³-hybridized carbons (Fsp3) is 0.300. The first-order valence-corrected chi connectivity index (χ1v) is 4.11. The predicted molar refractivity (Wildman–Crippen MR) is 50.3 cm³/mol. The van der Waals surface area contributed by atoms with E-state index in [1.54, 1.807) is 6.92 Å². The summed E-state index contributed by atoms with van der Waals surface area (Å²) < 4.78 is 4.56. The Labute approximate surface area is 81.9 Å². The molecule has 14 heavy (non-hydrogen) atoms. The van der Waals surface area contributed by atoms with Crippen LogP contribution < -0.4 is 0 Å². The molecule has 0 bridgehead atoms. The molecule has 1 heterocycles. The molecule has 0 fully saturated rings. The summed E-state index contributed by atoms with van der Waals surface area (Å²) in [7, 11) is 1.29. The number of esters is 1. The molecule has 1 aromatic rings. The maximum Gasteiger partial charge on any atom is 0.339 e. The van der Waals surface area contributed by atoms with Gasteiger partial charge in [-0.05, 0) is 19.4 Å². The van der Waals surface area contributed by atoms with E-state index >= 15 is 0 Å². The SMILES string of the molecule is COC(=O)c1cncc(C(C)=O)c1C. The minimum absolute atomic E-state index is 0.110. The Morgan fingerprint density at radius 2 is 1.86 bits per heavy atom. The van der Waals surface area contributed by atoms with Crippen LogP contribution in [0.3, 0.4) is 0 Å². The maximum absolute atomic E-state index is 11.2. The smallest absolute Gasteiger partial charge is 0.339 e. The van der Waals surface area contributed by atoms with Gasteiger partial charge in [0.05, 0.1) is 12.7 Å². The highest BCUT2D eigenvalue weighted by atomic mass is 16.5. The van der Waals surface area contributed by atoms with Gasteiger partial charge in [-0.15, -0.1) is 0 Å². The molecule has 0 radical (unpaired) electrons. The molecule has 0 saturated carbocycles. The largest absolute Gasteiger partial charge is 0.465 e. The number of carbonyl (C=O) groups is 2. The third-order valence-corrected chi connectivity index (χ3v) is 2.00. The topological polar surface area (TPSA) is 56.3 Å². The van der Waals surface area contributed by atoms with Crippen LogP contribution in [0.5, 0.6) is 0 Å². The summed E-state index contributed by atoms with van der Waals surface area (Å²) in [5.41, 5.74) is 1.40. The number of ketones is 1. The highest BCUT2D eigenvalue weighted by molar-refractivity contribution is 5.99. The van der Waals surface area contributed by atoms with E-state index < -0.39 is 5.97 Å². The number of nitrogens with zero attached hydrogens (tertiary/aromatic N) is 1. The van der Waals surface area contributed by atoms with Crippen molar-refractivity contribution in [2.24, 2.45) is 0 Å². The zero-order valence-corrected chi connectivity index (χ0v) is 8.33. The second-order valence-electron chi connectivity index (χ2n) is 2.91. The monoisotopic (exact) mass is 193 g/mol. The molecule has 0 unspecified atom stereocenters. The summed E-state index contributed by atoms with van der Waals surface area (Å²) in [4.78, 5) is 26.2. The lowest BCUT2D eigenvalue weighted by atomic mass is 10.0. The van der Waals surface area contributed by atoms with Crippen molar-refractivity contribution in [3.8, 4) is 0 Å². The summed E-state index contributed by atoms with van der Waals surface area (Å²) in [5, 5.41) is 0. The van der Waals surface area contributed by atoms with E-state index in [1.165, 1.54) is 26.4 Å². The van der Waals surface area contributed by atoms with Crippen molar-refractivity contribution in [1.82, 2.24) is 4.98 Å². The molecule has 0 aliphatic heterocycles. The van der Waals surface area contributed by atoms with Crippen LogP contribution >= 0.6 is 0 Å². The number of hydrogen-bond acceptors (Lipinski definition) is 4. The Morgan fingerprint density at radius 3 is 2.36 bits per heavy atom. The lowest BCUT2D eigenvalue weighted by molar-refractivity contribution is 0.0599. The van der Waals surface area contributed by atoms with Crippen LogP contribution in [-0.4, -0.2) is 23.8 Å². The van der Waals surface area contributed by atoms with Gasteiger partial charge in [0.15, 0.2) is 5.78 Å². The van der Waals surface area contributed by atoms with E-state index in [1.807, 2.05) is 0 Å². The molecule has 0 aliphatic carbocycles. The minimum atomic E-state index is -0.474. The zero-order chi connectivity index (χ0) is 10.7. The number of carbonyl (C=O) groups excluding carboxylic acids is 2. The van der Waals surface area contributed by atoms with E-state index in [4.69, 9.17) is 0 Å². The molecule has 4 heteroatoms. The molecular weight excluding hydrogens is 182 g/mol. The van der Waals surface area contributed by atoms with Gasteiger partial charge < -0.3 is 4.74 Å². The standard InChI is InChI=1S/C10H11NO3/c1-6-8(7(2)12)4-11-5-9(6)10(13)14-3/h4-5H,1-3H3. The van der Waals surface area contributed by atoms with Gasteiger partial charge in [-0.2, -0.15) is 0 Å². The molecule has 0 N–H and O–H groups in total. The molecular formula is C10H11NO3. The van der Waals surface area contributed by atoms with Crippen LogP contribution in [0.1, 0.15) is 33.2 Å². The molecule has 0 atom stereocenters. The molecule has 0 amide bonds. The second kappa shape index (κ2) is 4.00. The summed E-state index contributed by atoms with van der Waals surface area (Å²) in [5.74, 6) is -0.584. The average molecular weight is 193 g/mol. The molecule has 0 aliphatic rings. The van der Waals surface area contributed by atoms with Gasteiger partial charge >= 0.3 is 5.97 Å². The highest BCUT2D eigenvalue weighted by Gasteiger charge is 2.14. The van der Waals surface area contributed by atoms with E-state index in [0.717, 1.165) is 0 Å². The first-order chi connectivity index (χ1) is 6.57. The fourth-order valence-electron chi connectivity index (χ4n) is 1.20. The summed E-state index contributed by atoms with van der Waals surface area (Å²) in [6.45, 7) is 3.13. The predicted octanol–water partition coefficient (Wildman–Crippen LogP) is 1.38.